The van der Waals surface area contributed by atoms with Crippen molar-refractivity contribution in [3.8, 4) is 0 Å². The summed E-state index contributed by atoms with van der Waals surface area (Å²) in [5, 5.41) is 3.89. The lowest BCUT2D eigenvalue weighted by Crippen LogP contribution is -2.49. The number of nitrogens with zero attached hydrogens (tertiary/aromatic N) is 1. The van der Waals surface area contributed by atoms with Crippen molar-refractivity contribution >= 4 is 46.8 Å². The van der Waals surface area contributed by atoms with E-state index in [-0.39, 0.29) is 24.1 Å². The molecule has 0 aromatic heterocycles. The maximum absolute atomic E-state index is 13.3. The standard InChI is InChI=1S/C24H30Cl2N2O2S/c1-4-13-27-24(30)22(5-2)28(14-19-20(25)11-8-12-21(19)26)23(29)16-31-15-18-10-7-6-9-17(18)3/h6-12,22H,4-5,13-16H2,1-3H3,(H,27,30)/t22-/m0/s1. The van der Waals surface area contributed by atoms with Crippen LogP contribution in [-0.4, -0.2) is 35.1 Å². The third-order valence-electron chi connectivity index (χ3n) is 5.07. The lowest BCUT2D eigenvalue weighted by Gasteiger charge is -2.31. The molecule has 0 spiro atoms. The summed E-state index contributed by atoms with van der Waals surface area (Å²) in [6.45, 7) is 6.74. The first-order valence-electron chi connectivity index (χ1n) is 10.5. The van der Waals surface area contributed by atoms with E-state index >= 15 is 0 Å². The molecule has 0 radical (unpaired) electrons. The van der Waals surface area contributed by atoms with E-state index in [9.17, 15) is 9.59 Å². The van der Waals surface area contributed by atoms with Gasteiger partial charge in [0.2, 0.25) is 11.8 Å². The minimum absolute atomic E-state index is 0.104. The number of benzene rings is 2. The van der Waals surface area contributed by atoms with Crippen molar-refractivity contribution in [2.24, 2.45) is 0 Å². The van der Waals surface area contributed by atoms with Gasteiger partial charge in [0, 0.05) is 34.5 Å². The average molecular weight is 481 g/mol. The van der Waals surface area contributed by atoms with Crippen molar-refractivity contribution in [3.63, 3.8) is 0 Å². The van der Waals surface area contributed by atoms with Crippen LogP contribution in [0.4, 0.5) is 0 Å². The second kappa shape index (κ2) is 13.0. The molecular weight excluding hydrogens is 451 g/mol. The molecule has 2 rings (SSSR count). The number of nitrogens with one attached hydrogen (secondary N) is 1. The third kappa shape index (κ3) is 7.44. The van der Waals surface area contributed by atoms with E-state index in [2.05, 4.69) is 24.4 Å². The van der Waals surface area contributed by atoms with Crippen molar-refractivity contribution in [2.45, 2.75) is 52.0 Å². The van der Waals surface area contributed by atoms with Crippen LogP contribution in [0.3, 0.4) is 0 Å². The molecule has 0 aliphatic rings. The molecule has 0 saturated heterocycles. The first-order valence-corrected chi connectivity index (χ1v) is 12.4. The number of amides is 2. The van der Waals surface area contributed by atoms with Gasteiger partial charge < -0.3 is 10.2 Å². The number of hydrogen-bond acceptors (Lipinski definition) is 3. The zero-order chi connectivity index (χ0) is 22.8. The molecule has 0 fully saturated rings. The molecule has 2 aromatic carbocycles. The summed E-state index contributed by atoms with van der Waals surface area (Å²) in [5.41, 5.74) is 3.06. The maximum atomic E-state index is 13.3. The van der Waals surface area contributed by atoms with E-state index in [1.54, 1.807) is 34.9 Å². The number of carbonyl (C=O) groups is 2. The van der Waals surface area contributed by atoms with Gasteiger partial charge in [-0.2, -0.15) is 0 Å². The SMILES string of the molecule is CCCNC(=O)[C@H](CC)N(Cc1c(Cl)cccc1Cl)C(=O)CSCc1ccccc1C. The molecule has 4 nitrogen and oxygen atoms in total. The van der Waals surface area contributed by atoms with E-state index in [1.165, 1.54) is 11.1 Å². The van der Waals surface area contributed by atoms with Crippen LogP contribution in [0.2, 0.25) is 10.0 Å². The van der Waals surface area contributed by atoms with Crippen LogP contribution >= 0.6 is 35.0 Å². The number of carbonyl (C=O) groups excluding carboxylic acids is 2. The summed E-state index contributed by atoms with van der Waals surface area (Å²) in [4.78, 5) is 27.7. The first-order chi connectivity index (χ1) is 14.9. The Balaban J connectivity index is 2.19. The Morgan fingerprint density at radius 3 is 2.35 bits per heavy atom. The Kier molecular flexibility index (Phi) is 10.7. The number of thioether (sulfide) groups is 1. The number of rotatable bonds is 11. The smallest absolute Gasteiger partial charge is 0.242 e. The van der Waals surface area contributed by atoms with Crippen LogP contribution in [0.5, 0.6) is 0 Å². The van der Waals surface area contributed by atoms with Crippen molar-refractivity contribution in [1.29, 1.82) is 0 Å². The molecule has 2 amide bonds. The minimum Gasteiger partial charge on any atom is -0.354 e. The molecule has 31 heavy (non-hydrogen) atoms. The zero-order valence-corrected chi connectivity index (χ0v) is 20.6. The Hall–Kier alpha value is -1.69. The fourth-order valence-electron chi connectivity index (χ4n) is 3.24. The fourth-order valence-corrected chi connectivity index (χ4v) is 4.75. The lowest BCUT2D eigenvalue weighted by atomic mass is 10.1. The topological polar surface area (TPSA) is 49.4 Å². The molecule has 7 heteroatoms. The van der Waals surface area contributed by atoms with E-state index < -0.39 is 6.04 Å². The van der Waals surface area contributed by atoms with E-state index in [1.807, 2.05) is 26.0 Å². The van der Waals surface area contributed by atoms with Gasteiger partial charge in [-0.15, -0.1) is 11.8 Å². The maximum Gasteiger partial charge on any atom is 0.242 e. The molecule has 0 saturated carbocycles. The van der Waals surface area contributed by atoms with Crippen LogP contribution in [0.1, 0.15) is 43.4 Å². The van der Waals surface area contributed by atoms with Gasteiger partial charge in [-0.25, -0.2) is 0 Å². The van der Waals surface area contributed by atoms with E-state index in [4.69, 9.17) is 23.2 Å². The highest BCUT2D eigenvalue weighted by atomic mass is 35.5. The second-order valence-corrected chi connectivity index (χ2v) is 9.16. The molecule has 0 unspecified atom stereocenters. The molecule has 1 atom stereocenters. The Morgan fingerprint density at radius 1 is 1.06 bits per heavy atom. The molecule has 1 N–H and O–H groups in total. The van der Waals surface area contributed by atoms with Gasteiger partial charge in [0.25, 0.3) is 0 Å². The van der Waals surface area contributed by atoms with Crippen LogP contribution in [0.15, 0.2) is 42.5 Å². The van der Waals surface area contributed by atoms with Crippen molar-refractivity contribution in [2.75, 3.05) is 12.3 Å². The summed E-state index contributed by atoms with van der Waals surface area (Å²) in [6.07, 6.45) is 1.34. The highest BCUT2D eigenvalue weighted by molar-refractivity contribution is 7.99. The Labute approximate surface area is 199 Å². The van der Waals surface area contributed by atoms with E-state index in [0.717, 1.165) is 12.2 Å². The summed E-state index contributed by atoms with van der Waals surface area (Å²) >= 11 is 14.3. The number of aryl methyl sites for hydroxylation is 1. The van der Waals surface area contributed by atoms with Crippen molar-refractivity contribution in [1.82, 2.24) is 10.2 Å². The highest BCUT2D eigenvalue weighted by Crippen LogP contribution is 2.27. The molecule has 0 heterocycles. The number of halogens is 2. The summed E-state index contributed by atoms with van der Waals surface area (Å²) in [6, 6.07) is 12.8. The molecular formula is C24H30Cl2N2O2S. The van der Waals surface area contributed by atoms with Gasteiger partial charge in [0.1, 0.15) is 6.04 Å². The lowest BCUT2D eigenvalue weighted by molar-refractivity contribution is -0.139. The Morgan fingerprint density at radius 2 is 1.74 bits per heavy atom. The zero-order valence-electron chi connectivity index (χ0n) is 18.3. The second-order valence-electron chi connectivity index (χ2n) is 7.36. The Bertz CT molecular complexity index is 871. The van der Waals surface area contributed by atoms with Crippen LogP contribution < -0.4 is 5.32 Å². The van der Waals surface area contributed by atoms with Crippen molar-refractivity contribution < 1.29 is 9.59 Å². The average Bonchev–Trinajstić information content (AvgIpc) is 2.75. The fraction of sp³-hybridized carbons (Fsp3) is 0.417. The van der Waals surface area contributed by atoms with Gasteiger partial charge >= 0.3 is 0 Å². The summed E-state index contributed by atoms with van der Waals surface area (Å²) in [5.74, 6) is 0.754. The quantitative estimate of drug-likeness (QED) is 0.437. The van der Waals surface area contributed by atoms with Crippen LogP contribution in [0.25, 0.3) is 0 Å². The summed E-state index contributed by atoms with van der Waals surface area (Å²) < 4.78 is 0. The van der Waals surface area contributed by atoms with E-state index in [0.29, 0.717) is 28.6 Å². The van der Waals surface area contributed by atoms with Gasteiger partial charge in [0.05, 0.1) is 5.75 Å². The highest BCUT2D eigenvalue weighted by Gasteiger charge is 2.29. The van der Waals surface area contributed by atoms with Gasteiger partial charge in [-0.05, 0) is 43.0 Å². The first kappa shape index (κ1) is 25.6. The van der Waals surface area contributed by atoms with Crippen LogP contribution in [-0.2, 0) is 21.9 Å². The minimum atomic E-state index is -0.578. The molecule has 0 aliphatic carbocycles. The molecule has 2 aromatic rings. The van der Waals surface area contributed by atoms with Gasteiger partial charge in [-0.3, -0.25) is 9.59 Å². The van der Waals surface area contributed by atoms with Crippen molar-refractivity contribution in [3.05, 3.63) is 69.2 Å². The molecule has 168 valence electrons. The number of hydrogen-bond donors (Lipinski definition) is 1. The molecule has 0 bridgehead atoms. The monoisotopic (exact) mass is 480 g/mol. The van der Waals surface area contributed by atoms with Gasteiger partial charge in [-0.1, -0.05) is 67.4 Å². The van der Waals surface area contributed by atoms with Crippen LogP contribution in [0, 0.1) is 6.92 Å². The van der Waals surface area contributed by atoms with Gasteiger partial charge in [0.15, 0.2) is 0 Å². The predicted octanol–water partition coefficient (Wildman–Crippen LogP) is 5.87. The normalized spacial score (nSPS) is 11.8. The largest absolute Gasteiger partial charge is 0.354 e. The predicted molar refractivity (Wildman–Crippen MR) is 132 cm³/mol. The third-order valence-corrected chi connectivity index (χ3v) is 6.74. The molecule has 0 aliphatic heterocycles. The summed E-state index contributed by atoms with van der Waals surface area (Å²) in [7, 11) is 0.